The van der Waals surface area contributed by atoms with Gasteiger partial charge >= 0.3 is 5.97 Å². The molecule has 0 aromatic heterocycles. The van der Waals surface area contributed by atoms with Gasteiger partial charge in [0.1, 0.15) is 11.5 Å². The van der Waals surface area contributed by atoms with Crippen LogP contribution < -0.4 is 14.8 Å². The number of amides is 1. The quantitative estimate of drug-likeness (QED) is 0.804. The predicted octanol–water partition coefficient (Wildman–Crippen LogP) is 1.96. The summed E-state index contributed by atoms with van der Waals surface area (Å²) in [6.45, 7) is 6.06. The van der Waals surface area contributed by atoms with Crippen molar-refractivity contribution in [3.63, 3.8) is 0 Å². The molecule has 0 atom stereocenters. The van der Waals surface area contributed by atoms with Gasteiger partial charge in [0.15, 0.2) is 6.61 Å². The third-order valence-corrected chi connectivity index (χ3v) is 3.01. The number of benzene rings is 1. The van der Waals surface area contributed by atoms with Crippen molar-refractivity contribution in [2.24, 2.45) is 0 Å². The van der Waals surface area contributed by atoms with Gasteiger partial charge in [0.05, 0.1) is 13.5 Å². The van der Waals surface area contributed by atoms with Gasteiger partial charge in [-0.15, -0.1) is 0 Å². The minimum atomic E-state index is -0.952. The highest BCUT2D eigenvalue weighted by Crippen LogP contribution is 2.34. The number of methoxy groups -OCH3 is 1. The fourth-order valence-electron chi connectivity index (χ4n) is 1.85. The summed E-state index contributed by atoms with van der Waals surface area (Å²) in [5.74, 6) is 0.0354. The average Bonchev–Trinajstić information content (AvgIpc) is 2.43. The molecule has 0 aliphatic rings. The molecule has 0 saturated carbocycles. The molecule has 0 spiro atoms. The monoisotopic (exact) mass is 309 g/mol. The van der Waals surface area contributed by atoms with Gasteiger partial charge in [0, 0.05) is 12.1 Å². The van der Waals surface area contributed by atoms with Crippen LogP contribution in [0.15, 0.2) is 18.2 Å². The van der Waals surface area contributed by atoms with Crippen molar-refractivity contribution < 1.29 is 24.2 Å². The van der Waals surface area contributed by atoms with Crippen molar-refractivity contribution in [3.8, 4) is 11.5 Å². The van der Waals surface area contributed by atoms with Crippen molar-refractivity contribution in [1.29, 1.82) is 0 Å². The molecule has 2 N–H and O–H groups in total. The first-order valence-corrected chi connectivity index (χ1v) is 7.04. The van der Waals surface area contributed by atoms with Gasteiger partial charge in [-0.25, -0.2) is 0 Å². The van der Waals surface area contributed by atoms with Crippen LogP contribution in [0.4, 0.5) is 0 Å². The van der Waals surface area contributed by atoms with Gasteiger partial charge in [0.2, 0.25) is 0 Å². The molecule has 0 unspecified atom stereocenters. The lowest BCUT2D eigenvalue weighted by atomic mass is 9.86. The van der Waals surface area contributed by atoms with E-state index < -0.39 is 5.97 Å². The Hall–Kier alpha value is -2.24. The van der Waals surface area contributed by atoms with E-state index in [1.807, 2.05) is 26.8 Å². The molecule has 0 aliphatic carbocycles. The Kier molecular flexibility index (Phi) is 6.22. The topological polar surface area (TPSA) is 84.9 Å². The van der Waals surface area contributed by atoms with Gasteiger partial charge in [-0.05, 0) is 23.6 Å². The molecule has 0 saturated heterocycles. The zero-order chi connectivity index (χ0) is 16.8. The zero-order valence-electron chi connectivity index (χ0n) is 13.4. The lowest BCUT2D eigenvalue weighted by molar-refractivity contribution is -0.137. The number of carbonyl (C=O) groups is 2. The van der Waals surface area contributed by atoms with Gasteiger partial charge < -0.3 is 19.9 Å². The molecule has 122 valence electrons. The first-order chi connectivity index (χ1) is 10.2. The molecule has 1 amide bonds. The summed E-state index contributed by atoms with van der Waals surface area (Å²) in [7, 11) is 1.60. The van der Waals surface area contributed by atoms with E-state index in [4.69, 9.17) is 14.6 Å². The Morgan fingerprint density at radius 2 is 1.95 bits per heavy atom. The first-order valence-electron chi connectivity index (χ1n) is 7.04. The molecule has 22 heavy (non-hydrogen) atoms. The van der Waals surface area contributed by atoms with E-state index in [1.165, 1.54) is 0 Å². The number of nitrogens with one attached hydrogen (secondary N) is 1. The normalized spacial score (nSPS) is 10.9. The van der Waals surface area contributed by atoms with Gasteiger partial charge in [-0.1, -0.05) is 20.8 Å². The number of carboxylic acid groups (broad SMARTS) is 1. The van der Waals surface area contributed by atoms with Crippen molar-refractivity contribution in [1.82, 2.24) is 5.32 Å². The van der Waals surface area contributed by atoms with Gasteiger partial charge in [-0.3, -0.25) is 9.59 Å². The van der Waals surface area contributed by atoms with Crippen LogP contribution in [0.1, 0.15) is 32.8 Å². The van der Waals surface area contributed by atoms with Crippen molar-refractivity contribution >= 4 is 11.9 Å². The Bertz CT molecular complexity index is 534. The average molecular weight is 309 g/mol. The van der Waals surface area contributed by atoms with Crippen molar-refractivity contribution in [2.75, 3.05) is 20.3 Å². The van der Waals surface area contributed by atoms with Crippen LogP contribution >= 0.6 is 0 Å². The minimum Gasteiger partial charge on any atom is -0.497 e. The van der Waals surface area contributed by atoms with Crippen LogP contribution in [0.2, 0.25) is 0 Å². The maximum atomic E-state index is 11.6. The highest BCUT2D eigenvalue weighted by atomic mass is 16.5. The van der Waals surface area contributed by atoms with Crippen LogP contribution in [-0.2, 0) is 15.0 Å². The smallest absolute Gasteiger partial charge is 0.305 e. The summed E-state index contributed by atoms with van der Waals surface area (Å²) in [5.41, 5.74) is 0.772. The lowest BCUT2D eigenvalue weighted by Crippen LogP contribution is -2.31. The van der Waals surface area contributed by atoms with Crippen molar-refractivity contribution in [2.45, 2.75) is 32.6 Å². The molecule has 0 fully saturated rings. The number of rotatable bonds is 7. The molecular formula is C16H23NO5. The highest BCUT2D eigenvalue weighted by Gasteiger charge is 2.20. The first kappa shape index (κ1) is 17.8. The summed E-state index contributed by atoms with van der Waals surface area (Å²) in [6, 6.07) is 5.43. The number of hydrogen-bond acceptors (Lipinski definition) is 4. The Balaban J connectivity index is 2.69. The summed E-state index contributed by atoms with van der Waals surface area (Å²) < 4.78 is 10.8. The molecule has 6 nitrogen and oxygen atoms in total. The fraction of sp³-hybridized carbons (Fsp3) is 0.500. The fourth-order valence-corrected chi connectivity index (χ4v) is 1.85. The maximum absolute atomic E-state index is 11.6. The summed E-state index contributed by atoms with van der Waals surface area (Å²) >= 11 is 0. The maximum Gasteiger partial charge on any atom is 0.305 e. The second-order valence-corrected chi connectivity index (χ2v) is 5.89. The summed E-state index contributed by atoms with van der Waals surface area (Å²) in [4.78, 5) is 22.0. The number of ether oxygens (including phenoxy) is 2. The van der Waals surface area contributed by atoms with E-state index in [9.17, 15) is 9.59 Å². The minimum absolute atomic E-state index is 0.0896. The van der Waals surface area contributed by atoms with Crippen LogP contribution in [0.3, 0.4) is 0 Å². The molecule has 0 aliphatic heterocycles. The molecule has 0 bridgehead atoms. The Morgan fingerprint density at radius 3 is 2.50 bits per heavy atom. The number of carbonyl (C=O) groups excluding carboxylic acids is 1. The van der Waals surface area contributed by atoms with E-state index in [0.717, 1.165) is 11.3 Å². The predicted molar refractivity (Wildman–Crippen MR) is 82.5 cm³/mol. The Labute approximate surface area is 130 Å². The van der Waals surface area contributed by atoms with E-state index >= 15 is 0 Å². The van der Waals surface area contributed by atoms with E-state index in [1.54, 1.807) is 19.2 Å². The second kappa shape index (κ2) is 7.68. The van der Waals surface area contributed by atoms with Crippen LogP contribution in [-0.4, -0.2) is 37.2 Å². The summed E-state index contributed by atoms with van der Waals surface area (Å²) in [6.07, 6.45) is -0.110. The van der Waals surface area contributed by atoms with E-state index in [2.05, 4.69) is 5.32 Å². The second-order valence-electron chi connectivity index (χ2n) is 5.89. The summed E-state index contributed by atoms with van der Waals surface area (Å²) in [5, 5.41) is 11.0. The number of carboxylic acids is 1. The molecule has 1 aromatic rings. The van der Waals surface area contributed by atoms with Crippen LogP contribution in [0.5, 0.6) is 11.5 Å². The van der Waals surface area contributed by atoms with Crippen LogP contribution in [0.25, 0.3) is 0 Å². The third-order valence-electron chi connectivity index (χ3n) is 3.01. The van der Waals surface area contributed by atoms with E-state index in [-0.39, 0.29) is 30.9 Å². The molecule has 0 heterocycles. The number of aliphatic carboxylic acids is 1. The van der Waals surface area contributed by atoms with Gasteiger partial charge in [0.25, 0.3) is 5.91 Å². The van der Waals surface area contributed by atoms with E-state index in [0.29, 0.717) is 5.75 Å². The Morgan fingerprint density at radius 1 is 1.27 bits per heavy atom. The molecular weight excluding hydrogens is 286 g/mol. The lowest BCUT2D eigenvalue weighted by Gasteiger charge is -2.23. The van der Waals surface area contributed by atoms with Gasteiger partial charge in [-0.2, -0.15) is 0 Å². The van der Waals surface area contributed by atoms with Crippen molar-refractivity contribution in [3.05, 3.63) is 23.8 Å². The number of hydrogen-bond donors (Lipinski definition) is 2. The SMILES string of the molecule is COc1ccc(OCC(=O)NCCC(=O)O)c(C(C)(C)C)c1. The highest BCUT2D eigenvalue weighted by molar-refractivity contribution is 5.78. The third kappa shape index (κ3) is 5.63. The molecule has 0 radical (unpaired) electrons. The zero-order valence-corrected chi connectivity index (χ0v) is 13.4. The standard InChI is InChI=1S/C16H23NO5/c1-16(2,3)12-9-11(21-4)5-6-13(12)22-10-14(18)17-8-7-15(19)20/h5-6,9H,7-8,10H2,1-4H3,(H,17,18)(H,19,20). The largest absolute Gasteiger partial charge is 0.497 e. The molecule has 1 aromatic carbocycles. The molecule has 6 heteroatoms. The molecule has 1 rings (SSSR count). The van der Waals surface area contributed by atoms with Crippen LogP contribution in [0, 0.1) is 0 Å².